The largest absolute Gasteiger partial charge is 0.452 e. The van der Waals surface area contributed by atoms with Crippen molar-refractivity contribution < 1.29 is 14.3 Å². The number of H-pyrrole nitrogens is 1. The summed E-state index contributed by atoms with van der Waals surface area (Å²) in [6, 6.07) is 8.45. The summed E-state index contributed by atoms with van der Waals surface area (Å²) in [5.41, 5.74) is 2.82. The molecule has 0 radical (unpaired) electrons. The molecule has 0 aliphatic rings. The minimum atomic E-state index is -0.575. The Hall–Kier alpha value is -3.22. The highest BCUT2D eigenvalue weighted by Crippen LogP contribution is 2.12. The molecular formula is C16H14N4O3. The number of fused-ring (bicyclic) bond motifs is 1. The number of imidazole rings is 1. The lowest BCUT2D eigenvalue weighted by Crippen LogP contribution is -2.21. The van der Waals surface area contributed by atoms with E-state index in [0.717, 1.165) is 16.6 Å². The van der Waals surface area contributed by atoms with Crippen LogP contribution in [-0.4, -0.2) is 33.4 Å². The molecule has 1 aromatic carbocycles. The standard InChI is InChI=1S/C16H14N4O3/c1-10-2-5-14(17-7-10)20-15(21)8-23-16(22)11-3-4-12-13(6-11)19-9-18-12/h2-7,9H,8H2,1H3,(H,18,19)(H,17,20,21). The summed E-state index contributed by atoms with van der Waals surface area (Å²) in [6.07, 6.45) is 3.18. The smallest absolute Gasteiger partial charge is 0.338 e. The van der Waals surface area contributed by atoms with Gasteiger partial charge in [0.2, 0.25) is 0 Å². The summed E-state index contributed by atoms with van der Waals surface area (Å²) in [7, 11) is 0. The Morgan fingerprint density at radius 3 is 2.87 bits per heavy atom. The number of rotatable bonds is 4. The number of ether oxygens (including phenoxy) is 1. The molecule has 0 aliphatic carbocycles. The minimum Gasteiger partial charge on any atom is -0.452 e. The first-order chi connectivity index (χ1) is 11.1. The average Bonchev–Trinajstić information content (AvgIpc) is 3.02. The maximum absolute atomic E-state index is 12.0. The lowest BCUT2D eigenvalue weighted by molar-refractivity contribution is -0.119. The van der Waals surface area contributed by atoms with E-state index in [-0.39, 0.29) is 6.61 Å². The molecule has 0 atom stereocenters. The molecule has 1 amide bonds. The Labute approximate surface area is 131 Å². The van der Waals surface area contributed by atoms with Crippen molar-refractivity contribution in [3.8, 4) is 0 Å². The number of aromatic amines is 1. The third-order valence-corrected chi connectivity index (χ3v) is 3.17. The SMILES string of the molecule is Cc1ccc(NC(=O)COC(=O)c2ccc3nc[nH]c3c2)nc1. The topological polar surface area (TPSA) is 97.0 Å². The van der Waals surface area contributed by atoms with Gasteiger partial charge in [0.15, 0.2) is 6.61 Å². The number of amides is 1. The molecule has 0 spiro atoms. The molecule has 23 heavy (non-hydrogen) atoms. The molecule has 116 valence electrons. The number of anilines is 1. The normalized spacial score (nSPS) is 10.5. The lowest BCUT2D eigenvalue weighted by Gasteiger charge is -2.06. The van der Waals surface area contributed by atoms with Crippen LogP contribution in [0.1, 0.15) is 15.9 Å². The first kappa shape index (κ1) is 14.7. The molecule has 0 unspecified atom stereocenters. The van der Waals surface area contributed by atoms with Crippen molar-refractivity contribution in [1.29, 1.82) is 0 Å². The van der Waals surface area contributed by atoms with Crippen LogP contribution in [0.15, 0.2) is 42.9 Å². The number of hydrogen-bond acceptors (Lipinski definition) is 5. The zero-order valence-electron chi connectivity index (χ0n) is 12.4. The number of carbonyl (C=O) groups is 2. The van der Waals surface area contributed by atoms with Crippen molar-refractivity contribution in [1.82, 2.24) is 15.0 Å². The van der Waals surface area contributed by atoms with Crippen LogP contribution in [0.25, 0.3) is 11.0 Å². The zero-order valence-corrected chi connectivity index (χ0v) is 12.4. The van der Waals surface area contributed by atoms with Gasteiger partial charge >= 0.3 is 5.97 Å². The van der Waals surface area contributed by atoms with Gasteiger partial charge in [-0.1, -0.05) is 6.07 Å². The molecule has 3 rings (SSSR count). The fourth-order valence-electron chi connectivity index (χ4n) is 2.00. The number of nitrogens with zero attached hydrogens (tertiary/aromatic N) is 2. The summed E-state index contributed by atoms with van der Waals surface area (Å²) in [5, 5.41) is 2.56. The monoisotopic (exact) mass is 310 g/mol. The summed E-state index contributed by atoms with van der Waals surface area (Å²) >= 11 is 0. The van der Waals surface area contributed by atoms with Gasteiger partial charge in [0.05, 0.1) is 22.9 Å². The fraction of sp³-hybridized carbons (Fsp3) is 0.125. The van der Waals surface area contributed by atoms with Crippen molar-refractivity contribution >= 4 is 28.7 Å². The molecule has 7 nitrogen and oxygen atoms in total. The van der Waals surface area contributed by atoms with E-state index in [2.05, 4.69) is 20.3 Å². The van der Waals surface area contributed by atoms with Crippen molar-refractivity contribution in [2.75, 3.05) is 11.9 Å². The first-order valence-corrected chi connectivity index (χ1v) is 6.94. The van der Waals surface area contributed by atoms with Gasteiger partial charge in [0, 0.05) is 6.20 Å². The number of aryl methyl sites for hydroxylation is 1. The van der Waals surface area contributed by atoms with Crippen LogP contribution >= 0.6 is 0 Å². The van der Waals surface area contributed by atoms with E-state index in [1.807, 2.05) is 13.0 Å². The van der Waals surface area contributed by atoms with E-state index in [1.54, 1.807) is 36.8 Å². The van der Waals surface area contributed by atoms with Crippen LogP contribution in [-0.2, 0) is 9.53 Å². The highest BCUT2D eigenvalue weighted by Gasteiger charge is 2.11. The Morgan fingerprint density at radius 2 is 2.09 bits per heavy atom. The molecule has 0 aliphatic heterocycles. The van der Waals surface area contributed by atoms with E-state index >= 15 is 0 Å². The molecule has 2 aromatic heterocycles. The second-order valence-corrected chi connectivity index (χ2v) is 4.98. The van der Waals surface area contributed by atoms with Crippen LogP contribution in [0.3, 0.4) is 0 Å². The number of pyridine rings is 1. The molecule has 2 N–H and O–H groups in total. The van der Waals surface area contributed by atoms with Crippen LogP contribution in [0.2, 0.25) is 0 Å². The lowest BCUT2D eigenvalue weighted by atomic mass is 10.2. The molecule has 0 saturated carbocycles. The number of benzene rings is 1. The fourth-order valence-corrected chi connectivity index (χ4v) is 2.00. The summed E-state index contributed by atoms with van der Waals surface area (Å²) in [4.78, 5) is 34.7. The van der Waals surface area contributed by atoms with Gasteiger partial charge in [-0.25, -0.2) is 14.8 Å². The van der Waals surface area contributed by atoms with E-state index in [1.165, 1.54) is 0 Å². The van der Waals surface area contributed by atoms with Crippen molar-refractivity contribution in [3.05, 3.63) is 54.0 Å². The number of nitrogens with one attached hydrogen (secondary N) is 2. The first-order valence-electron chi connectivity index (χ1n) is 6.94. The van der Waals surface area contributed by atoms with Gasteiger partial charge in [0.1, 0.15) is 5.82 Å². The predicted molar refractivity (Wildman–Crippen MR) is 84.0 cm³/mol. The summed E-state index contributed by atoms with van der Waals surface area (Å²) < 4.78 is 5.00. The van der Waals surface area contributed by atoms with E-state index < -0.39 is 11.9 Å². The van der Waals surface area contributed by atoms with Gasteiger partial charge in [-0.2, -0.15) is 0 Å². The zero-order chi connectivity index (χ0) is 16.2. The molecular weight excluding hydrogens is 296 g/mol. The van der Waals surface area contributed by atoms with Gasteiger partial charge in [-0.05, 0) is 36.8 Å². The van der Waals surface area contributed by atoms with Gasteiger partial charge in [-0.3, -0.25) is 4.79 Å². The maximum Gasteiger partial charge on any atom is 0.338 e. The Balaban J connectivity index is 1.57. The number of hydrogen-bond donors (Lipinski definition) is 2. The van der Waals surface area contributed by atoms with Gasteiger partial charge in [-0.15, -0.1) is 0 Å². The van der Waals surface area contributed by atoms with E-state index in [4.69, 9.17) is 4.74 Å². The van der Waals surface area contributed by atoms with Gasteiger partial charge in [0.25, 0.3) is 5.91 Å². The average molecular weight is 310 g/mol. The molecule has 0 bridgehead atoms. The van der Waals surface area contributed by atoms with Crippen LogP contribution in [0, 0.1) is 6.92 Å². The van der Waals surface area contributed by atoms with Crippen molar-refractivity contribution in [2.24, 2.45) is 0 Å². The van der Waals surface area contributed by atoms with Gasteiger partial charge < -0.3 is 15.0 Å². The Bertz CT molecular complexity index is 855. The molecule has 0 fully saturated rings. The highest BCUT2D eigenvalue weighted by molar-refractivity contribution is 5.96. The number of aromatic nitrogens is 3. The van der Waals surface area contributed by atoms with Crippen LogP contribution in [0.5, 0.6) is 0 Å². The van der Waals surface area contributed by atoms with E-state index in [0.29, 0.717) is 11.4 Å². The Morgan fingerprint density at radius 1 is 1.22 bits per heavy atom. The summed E-state index contributed by atoms with van der Waals surface area (Å²) in [6.45, 7) is 1.52. The van der Waals surface area contributed by atoms with E-state index in [9.17, 15) is 9.59 Å². The third-order valence-electron chi connectivity index (χ3n) is 3.17. The highest BCUT2D eigenvalue weighted by atomic mass is 16.5. The maximum atomic E-state index is 12.0. The minimum absolute atomic E-state index is 0.350. The quantitative estimate of drug-likeness (QED) is 0.719. The summed E-state index contributed by atoms with van der Waals surface area (Å²) in [5.74, 6) is -0.610. The molecule has 7 heteroatoms. The van der Waals surface area contributed by atoms with Crippen LogP contribution < -0.4 is 5.32 Å². The molecule has 3 aromatic rings. The van der Waals surface area contributed by atoms with Crippen molar-refractivity contribution in [2.45, 2.75) is 6.92 Å². The predicted octanol–water partition coefficient (Wildman–Crippen LogP) is 2.06. The third kappa shape index (κ3) is 3.52. The Kier molecular flexibility index (Phi) is 4.01. The second-order valence-electron chi connectivity index (χ2n) is 4.98. The molecule has 0 saturated heterocycles. The number of esters is 1. The second kappa shape index (κ2) is 6.27. The number of carbonyl (C=O) groups excluding carboxylic acids is 2. The molecule has 2 heterocycles. The van der Waals surface area contributed by atoms with Crippen LogP contribution in [0.4, 0.5) is 5.82 Å². The van der Waals surface area contributed by atoms with Crippen molar-refractivity contribution in [3.63, 3.8) is 0 Å².